The summed E-state index contributed by atoms with van der Waals surface area (Å²) in [6.07, 6.45) is 3.33. The van der Waals surface area contributed by atoms with Crippen LogP contribution in [0, 0.1) is 11.8 Å². The maximum Gasteiger partial charge on any atom is 0.310 e. The lowest BCUT2D eigenvalue weighted by Crippen LogP contribution is -2.34. The fraction of sp³-hybridized carbons (Fsp3) is 0.500. The maximum atomic E-state index is 12.2. The quantitative estimate of drug-likeness (QED) is 0.793. The van der Waals surface area contributed by atoms with Gasteiger partial charge in [0.1, 0.15) is 6.61 Å². The number of rotatable bonds is 4. The maximum absolute atomic E-state index is 12.2. The highest BCUT2D eigenvalue weighted by Gasteiger charge is 2.37. The van der Waals surface area contributed by atoms with Crippen LogP contribution in [-0.2, 0) is 25.7 Å². The predicted octanol–water partition coefficient (Wildman–Crippen LogP) is 2.71. The lowest BCUT2D eigenvalue weighted by Gasteiger charge is -2.27. The third-order valence-electron chi connectivity index (χ3n) is 3.80. The molecule has 20 heavy (non-hydrogen) atoms. The second-order valence-corrected chi connectivity index (χ2v) is 5.11. The molecule has 1 aromatic rings. The largest absolute Gasteiger partial charge is 0.469 e. The van der Waals surface area contributed by atoms with Crippen LogP contribution in [-0.4, -0.2) is 19.0 Å². The second-order valence-electron chi connectivity index (χ2n) is 5.11. The molecule has 1 saturated carbocycles. The van der Waals surface area contributed by atoms with Gasteiger partial charge in [-0.2, -0.15) is 0 Å². The van der Waals surface area contributed by atoms with Gasteiger partial charge >= 0.3 is 11.9 Å². The predicted molar refractivity (Wildman–Crippen MR) is 73.7 cm³/mol. The lowest BCUT2D eigenvalue weighted by molar-refractivity contribution is -0.162. The Morgan fingerprint density at radius 1 is 1.05 bits per heavy atom. The number of carbonyl (C=O) groups excluding carboxylic acids is 2. The molecule has 1 fully saturated rings. The van der Waals surface area contributed by atoms with Gasteiger partial charge in [0.15, 0.2) is 0 Å². The Morgan fingerprint density at radius 3 is 2.25 bits per heavy atom. The Bertz CT molecular complexity index is 455. The number of esters is 2. The zero-order valence-electron chi connectivity index (χ0n) is 11.7. The topological polar surface area (TPSA) is 52.6 Å². The second kappa shape index (κ2) is 7.08. The van der Waals surface area contributed by atoms with E-state index in [-0.39, 0.29) is 30.4 Å². The van der Waals surface area contributed by atoms with Gasteiger partial charge in [-0.05, 0) is 18.4 Å². The average Bonchev–Trinajstić information content (AvgIpc) is 2.52. The van der Waals surface area contributed by atoms with Crippen LogP contribution < -0.4 is 0 Å². The van der Waals surface area contributed by atoms with E-state index in [9.17, 15) is 9.59 Å². The van der Waals surface area contributed by atoms with E-state index in [1.165, 1.54) is 7.11 Å². The lowest BCUT2D eigenvalue weighted by atomic mass is 9.79. The first-order chi connectivity index (χ1) is 9.72. The molecule has 0 aromatic heterocycles. The Kier molecular flexibility index (Phi) is 5.16. The molecular weight excluding hydrogens is 256 g/mol. The van der Waals surface area contributed by atoms with Gasteiger partial charge in [0.05, 0.1) is 18.9 Å². The van der Waals surface area contributed by atoms with E-state index in [0.29, 0.717) is 12.8 Å². The molecule has 4 heteroatoms. The molecule has 1 aliphatic rings. The fourth-order valence-electron chi connectivity index (χ4n) is 2.68. The van der Waals surface area contributed by atoms with Crippen molar-refractivity contribution in [2.45, 2.75) is 32.3 Å². The third kappa shape index (κ3) is 3.59. The summed E-state index contributed by atoms with van der Waals surface area (Å²) >= 11 is 0. The minimum atomic E-state index is -0.361. The monoisotopic (exact) mass is 276 g/mol. The molecule has 0 radical (unpaired) electrons. The Hall–Kier alpha value is -1.84. The summed E-state index contributed by atoms with van der Waals surface area (Å²) in [7, 11) is 1.36. The first-order valence-electron chi connectivity index (χ1n) is 7.00. The summed E-state index contributed by atoms with van der Waals surface area (Å²) in [5, 5.41) is 0. The van der Waals surface area contributed by atoms with E-state index >= 15 is 0 Å². The van der Waals surface area contributed by atoms with E-state index in [1.807, 2.05) is 30.3 Å². The molecule has 2 rings (SSSR count). The summed E-state index contributed by atoms with van der Waals surface area (Å²) in [5.74, 6) is -1.30. The number of hydrogen-bond donors (Lipinski definition) is 0. The highest BCUT2D eigenvalue weighted by molar-refractivity contribution is 5.82. The summed E-state index contributed by atoms with van der Waals surface area (Å²) in [6, 6.07) is 9.54. The molecule has 0 amide bonds. The van der Waals surface area contributed by atoms with Gasteiger partial charge in [0, 0.05) is 0 Å². The molecule has 1 aromatic carbocycles. The van der Waals surface area contributed by atoms with Gasteiger partial charge in [-0.3, -0.25) is 9.59 Å². The van der Waals surface area contributed by atoms with Crippen LogP contribution in [0.25, 0.3) is 0 Å². The first kappa shape index (κ1) is 14.6. The minimum Gasteiger partial charge on any atom is -0.469 e. The van der Waals surface area contributed by atoms with Crippen molar-refractivity contribution in [1.82, 2.24) is 0 Å². The van der Waals surface area contributed by atoms with Gasteiger partial charge in [-0.1, -0.05) is 43.2 Å². The van der Waals surface area contributed by atoms with Crippen molar-refractivity contribution in [1.29, 1.82) is 0 Å². The number of benzene rings is 1. The molecular formula is C16H20O4. The summed E-state index contributed by atoms with van der Waals surface area (Å²) in [5.41, 5.74) is 0.950. The molecule has 0 spiro atoms. The van der Waals surface area contributed by atoms with Crippen molar-refractivity contribution in [2.75, 3.05) is 7.11 Å². The van der Waals surface area contributed by atoms with Crippen molar-refractivity contribution in [2.24, 2.45) is 11.8 Å². The number of methoxy groups -OCH3 is 1. The zero-order valence-corrected chi connectivity index (χ0v) is 11.7. The minimum absolute atomic E-state index is 0.254. The van der Waals surface area contributed by atoms with Crippen molar-refractivity contribution < 1.29 is 19.1 Å². The van der Waals surface area contributed by atoms with Crippen molar-refractivity contribution in [3.8, 4) is 0 Å². The van der Waals surface area contributed by atoms with Crippen molar-refractivity contribution >= 4 is 11.9 Å². The van der Waals surface area contributed by atoms with Crippen LogP contribution in [0.5, 0.6) is 0 Å². The molecule has 0 aliphatic heterocycles. The van der Waals surface area contributed by atoms with Gasteiger partial charge in [-0.25, -0.2) is 0 Å². The number of carbonyl (C=O) groups is 2. The van der Waals surface area contributed by atoms with Crippen molar-refractivity contribution in [3.05, 3.63) is 35.9 Å². The van der Waals surface area contributed by atoms with E-state index in [4.69, 9.17) is 9.47 Å². The molecule has 0 bridgehead atoms. The van der Waals surface area contributed by atoms with Crippen LogP contribution in [0.15, 0.2) is 30.3 Å². The molecule has 0 saturated heterocycles. The van der Waals surface area contributed by atoms with Gasteiger partial charge in [0.2, 0.25) is 0 Å². The molecule has 0 N–H and O–H groups in total. The number of hydrogen-bond acceptors (Lipinski definition) is 4. The van der Waals surface area contributed by atoms with Crippen LogP contribution in [0.1, 0.15) is 31.2 Å². The first-order valence-corrected chi connectivity index (χ1v) is 7.00. The standard InChI is InChI=1S/C16H20O4/c1-19-15(17)13-9-5-6-10-14(13)16(18)20-11-12-7-3-2-4-8-12/h2-4,7-8,13-14H,5-6,9-11H2,1H3. The van der Waals surface area contributed by atoms with E-state index in [2.05, 4.69) is 0 Å². The van der Waals surface area contributed by atoms with Crippen LogP contribution in [0.2, 0.25) is 0 Å². The highest BCUT2D eigenvalue weighted by atomic mass is 16.5. The molecule has 2 unspecified atom stereocenters. The Balaban J connectivity index is 1.94. The molecule has 4 nitrogen and oxygen atoms in total. The molecule has 108 valence electrons. The molecule has 0 heterocycles. The third-order valence-corrected chi connectivity index (χ3v) is 3.80. The van der Waals surface area contributed by atoms with Crippen molar-refractivity contribution in [3.63, 3.8) is 0 Å². The van der Waals surface area contributed by atoms with Gasteiger partial charge < -0.3 is 9.47 Å². The summed E-state index contributed by atoms with van der Waals surface area (Å²) in [4.78, 5) is 23.9. The fourth-order valence-corrected chi connectivity index (χ4v) is 2.68. The highest BCUT2D eigenvalue weighted by Crippen LogP contribution is 2.32. The smallest absolute Gasteiger partial charge is 0.310 e. The van der Waals surface area contributed by atoms with Gasteiger partial charge in [-0.15, -0.1) is 0 Å². The SMILES string of the molecule is COC(=O)C1CCCCC1C(=O)OCc1ccccc1. The van der Waals surface area contributed by atoms with Gasteiger partial charge in [0.25, 0.3) is 0 Å². The normalized spacial score (nSPS) is 22.1. The molecule has 2 atom stereocenters. The Labute approximate surface area is 119 Å². The van der Waals surface area contributed by atoms with E-state index in [0.717, 1.165) is 18.4 Å². The molecule has 1 aliphatic carbocycles. The van der Waals surface area contributed by atoms with Crippen LogP contribution >= 0.6 is 0 Å². The van der Waals surface area contributed by atoms with E-state index in [1.54, 1.807) is 0 Å². The number of ether oxygens (including phenoxy) is 2. The van der Waals surface area contributed by atoms with E-state index < -0.39 is 0 Å². The summed E-state index contributed by atoms with van der Waals surface area (Å²) in [6.45, 7) is 0.254. The Morgan fingerprint density at radius 2 is 1.65 bits per heavy atom. The van der Waals surface area contributed by atoms with Crippen LogP contribution in [0.4, 0.5) is 0 Å². The van der Waals surface area contributed by atoms with Crippen LogP contribution in [0.3, 0.4) is 0 Å². The zero-order chi connectivity index (χ0) is 14.4. The average molecular weight is 276 g/mol. The summed E-state index contributed by atoms with van der Waals surface area (Å²) < 4.78 is 10.1.